The average molecular weight is 526 g/mol. The van der Waals surface area contributed by atoms with Crippen LogP contribution in [0, 0.1) is 0 Å². The van der Waals surface area contributed by atoms with E-state index in [1.165, 1.54) is 5.56 Å². The molecule has 4 N–H and O–H groups in total. The zero-order valence-electron chi connectivity index (χ0n) is 22.0. The Kier molecular flexibility index (Phi) is 8.00. The van der Waals surface area contributed by atoms with E-state index in [9.17, 15) is 0 Å². The molecule has 0 fully saturated rings. The Morgan fingerprint density at radius 1 is 0.846 bits per heavy atom. The maximum atomic E-state index is 6.40. The number of methoxy groups -OCH3 is 2. The Balaban J connectivity index is 1.44. The van der Waals surface area contributed by atoms with Crippen LogP contribution < -0.4 is 25.7 Å². The molecule has 0 aliphatic heterocycles. The summed E-state index contributed by atoms with van der Waals surface area (Å²) in [6, 6.07) is 17.6. The summed E-state index contributed by atoms with van der Waals surface area (Å²) in [5.41, 5.74) is 16.1. The van der Waals surface area contributed by atoms with Crippen molar-refractivity contribution in [1.29, 1.82) is 0 Å². The van der Waals surface area contributed by atoms with E-state index in [0.717, 1.165) is 33.7 Å². The van der Waals surface area contributed by atoms with Gasteiger partial charge in [-0.2, -0.15) is 0 Å². The van der Waals surface area contributed by atoms with Gasteiger partial charge in [-0.3, -0.25) is 9.97 Å². The smallest absolute Gasteiger partial charge is 0.162 e. The molecule has 3 heterocycles. The van der Waals surface area contributed by atoms with Crippen LogP contribution in [-0.4, -0.2) is 55.0 Å². The Hall–Kier alpha value is -4.47. The van der Waals surface area contributed by atoms with E-state index in [0.29, 0.717) is 48.6 Å². The van der Waals surface area contributed by atoms with Gasteiger partial charge in [0.05, 0.1) is 31.1 Å². The molecule has 200 valence electrons. The third-order valence-electron chi connectivity index (χ3n) is 6.35. The molecule has 0 amide bonds. The van der Waals surface area contributed by atoms with Gasteiger partial charge in [-0.1, -0.05) is 30.3 Å². The van der Waals surface area contributed by atoms with Crippen molar-refractivity contribution in [1.82, 2.24) is 15.0 Å². The fourth-order valence-corrected chi connectivity index (χ4v) is 4.41. The molecule has 0 unspecified atom stereocenters. The summed E-state index contributed by atoms with van der Waals surface area (Å²) in [5.74, 6) is 2.16. The lowest BCUT2D eigenvalue weighted by Gasteiger charge is -2.15. The minimum Gasteiger partial charge on any atom is -0.493 e. The highest BCUT2D eigenvalue weighted by atomic mass is 16.5. The fraction of sp³-hybridized carbons (Fsp3) is 0.233. The van der Waals surface area contributed by atoms with Gasteiger partial charge < -0.3 is 30.4 Å². The second-order valence-corrected chi connectivity index (χ2v) is 9.14. The highest BCUT2D eigenvalue weighted by Gasteiger charge is 2.15. The highest BCUT2D eigenvalue weighted by molar-refractivity contribution is 6.10. The number of benzene rings is 2. The van der Waals surface area contributed by atoms with Gasteiger partial charge in [0, 0.05) is 47.9 Å². The molecule has 3 aromatic heterocycles. The molecule has 5 rings (SSSR count). The number of rotatable bonds is 11. The number of nitrogens with zero attached hydrogens (tertiary/aromatic N) is 3. The van der Waals surface area contributed by atoms with Crippen LogP contribution in [0.3, 0.4) is 0 Å². The summed E-state index contributed by atoms with van der Waals surface area (Å²) in [4.78, 5) is 13.6. The lowest BCUT2D eigenvalue weighted by Crippen LogP contribution is -2.30. The predicted molar refractivity (Wildman–Crippen MR) is 152 cm³/mol. The molecule has 1 atom stereocenters. The van der Waals surface area contributed by atoms with Crippen molar-refractivity contribution in [2.24, 2.45) is 5.73 Å². The summed E-state index contributed by atoms with van der Waals surface area (Å²) in [6.45, 7) is 1.20. The number of nitrogen functional groups attached to an aromatic ring is 1. The normalized spacial score (nSPS) is 12.0. The minimum atomic E-state index is -0.151. The SMILES string of the molecule is COCCOc1cc2c(cc1OC)ncc1c(N)nc(-c3cncc(OC[C@@H](N)Cc4ccccc4)c3)cc12. The van der Waals surface area contributed by atoms with Gasteiger partial charge >= 0.3 is 0 Å². The summed E-state index contributed by atoms with van der Waals surface area (Å²) in [6.07, 6.45) is 5.84. The molecule has 2 aromatic carbocycles. The van der Waals surface area contributed by atoms with Gasteiger partial charge in [-0.05, 0) is 35.6 Å². The van der Waals surface area contributed by atoms with E-state index in [-0.39, 0.29) is 6.04 Å². The minimum absolute atomic E-state index is 0.151. The topological polar surface area (TPSA) is 128 Å². The lowest BCUT2D eigenvalue weighted by molar-refractivity contribution is 0.144. The first-order valence-electron chi connectivity index (χ1n) is 12.6. The number of nitrogens with two attached hydrogens (primary N) is 2. The van der Waals surface area contributed by atoms with Crippen LogP contribution in [0.15, 0.2) is 73.2 Å². The van der Waals surface area contributed by atoms with Crippen molar-refractivity contribution in [3.05, 3.63) is 78.8 Å². The third-order valence-corrected chi connectivity index (χ3v) is 6.35. The Labute approximate surface area is 226 Å². The van der Waals surface area contributed by atoms with Gasteiger partial charge in [0.1, 0.15) is 24.8 Å². The molecular formula is C30H31N5O4. The second kappa shape index (κ2) is 11.9. The number of aromatic nitrogens is 3. The van der Waals surface area contributed by atoms with E-state index < -0.39 is 0 Å². The molecule has 39 heavy (non-hydrogen) atoms. The molecule has 0 saturated carbocycles. The second-order valence-electron chi connectivity index (χ2n) is 9.14. The van der Waals surface area contributed by atoms with E-state index in [1.54, 1.807) is 32.8 Å². The number of pyridine rings is 3. The number of fused-ring (bicyclic) bond motifs is 3. The Morgan fingerprint density at radius 2 is 1.69 bits per heavy atom. The zero-order valence-corrected chi connectivity index (χ0v) is 22.0. The van der Waals surface area contributed by atoms with E-state index in [4.69, 9.17) is 30.4 Å². The lowest BCUT2D eigenvalue weighted by atomic mass is 10.0. The van der Waals surface area contributed by atoms with E-state index in [1.807, 2.05) is 42.5 Å². The van der Waals surface area contributed by atoms with Crippen molar-refractivity contribution in [2.75, 3.05) is 39.8 Å². The number of anilines is 1. The Morgan fingerprint density at radius 3 is 2.49 bits per heavy atom. The van der Waals surface area contributed by atoms with Crippen LogP contribution in [-0.2, 0) is 11.2 Å². The third kappa shape index (κ3) is 6.00. The molecule has 5 aromatic rings. The number of hydrogen-bond acceptors (Lipinski definition) is 9. The Bertz CT molecular complexity index is 1580. The molecule has 0 saturated heterocycles. The molecule has 0 spiro atoms. The van der Waals surface area contributed by atoms with Gasteiger partial charge in [0.2, 0.25) is 0 Å². The van der Waals surface area contributed by atoms with Crippen molar-refractivity contribution in [2.45, 2.75) is 12.5 Å². The maximum Gasteiger partial charge on any atom is 0.162 e. The summed E-state index contributed by atoms with van der Waals surface area (Å²) in [7, 11) is 3.23. The van der Waals surface area contributed by atoms with Crippen LogP contribution in [0.1, 0.15) is 5.56 Å². The molecule has 0 bridgehead atoms. The van der Waals surface area contributed by atoms with E-state index in [2.05, 4.69) is 27.1 Å². The van der Waals surface area contributed by atoms with Gasteiger partial charge in [-0.15, -0.1) is 0 Å². The van der Waals surface area contributed by atoms with Crippen molar-refractivity contribution in [3.8, 4) is 28.5 Å². The van der Waals surface area contributed by atoms with Crippen molar-refractivity contribution >= 4 is 27.5 Å². The van der Waals surface area contributed by atoms with Gasteiger partial charge in [-0.25, -0.2) is 4.98 Å². The number of hydrogen-bond donors (Lipinski definition) is 2. The first kappa shape index (κ1) is 26.1. The molecular weight excluding hydrogens is 494 g/mol. The van der Waals surface area contributed by atoms with Crippen LogP contribution in [0.2, 0.25) is 0 Å². The number of ether oxygens (including phenoxy) is 4. The highest BCUT2D eigenvalue weighted by Crippen LogP contribution is 2.37. The molecule has 0 aliphatic rings. The molecule has 9 heteroatoms. The van der Waals surface area contributed by atoms with Crippen LogP contribution in [0.4, 0.5) is 5.82 Å². The van der Waals surface area contributed by atoms with Crippen LogP contribution in [0.25, 0.3) is 32.9 Å². The van der Waals surface area contributed by atoms with Crippen LogP contribution >= 0.6 is 0 Å². The van der Waals surface area contributed by atoms with Crippen molar-refractivity contribution < 1.29 is 18.9 Å². The summed E-state index contributed by atoms with van der Waals surface area (Å²) >= 11 is 0. The monoisotopic (exact) mass is 525 g/mol. The van der Waals surface area contributed by atoms with Gasteiger partial charge in [0.25, 0.3) is 0 Å². The largest absolute Gasteiger partial charge is 0.493 e. The first-order chi connectivity index (χ1) is 19.1. The standard InChI is InChI=1S/C30H31N5O4/c1-36-8-9-38-29-13-24-23-12-26(35-30(32)25(23)17-34-27(24)14-28(29)37-2)20-11-22(16-33-15-20)39-18-21(31)10-19-6-4-3-5-7-19/h3-7,11-17,21H,8-10,18,31H2,1-2H3,(H2,32,35)/t21-/m0/s1. The van der Waals surface area contributed by atoms with Crippen LogP contribution in [0.5, 0.6) is 17.2 Å². The summed E-state index contributed by atoms with van der Waals surface area (Å²) < 4.78 is 22.5. The zero-order chi connectivity index (χ0) is 27.2. The quantitative estimate of drug-likeness (QED) is 0.190. The van der Waals surface area contributed by atoms with Crippen molar-refractivity contribution in [3.63, 3.8) is 0 Å². The first-order valence-corrected chi connectivity index (χ1v) is 12.6. The van der Waals surface area contributed by atoms with E-state index >= 15 is 0 Å². The molecule has 9 nitrogen and oxygen atoms in total. The summed E-state index contributed by atoms with van der Waals surface area (Å²) in [5, 5.41) is 2.49. The van der Waals surface area contributed by atoms with Gasteiger partial charge in [0.15, 0.2) is 11.5 Å². The molecule has 0 radical (unpaired) electrons. The average Bonchev–Trinajstić information content (AvgIpc) is 2.96. The fourth-order valence-electron chi connectivity index (χ4n) is 4.41. The molecule has 0 aliphatic carbocycles. The maximum absolute atomic E-state index is 6.40. The predicted octanol–water partition coefficient (Wildman–Crippen LogP) is 4.41.